The Morgan fingerprint density at radius 1 is 1.57 bits per heavy atom. The zero-order valence-corrected chi connectivity index (χ0v) is 12.2. The number of hydrogen-bond donors (Lipinski definition) is 0. The molecule has 0 bridgehead atoms. The highest BCUT2D eigenvalue weighted by molar-refractivity contribution is 5.87. The highest BCUT2D eigenvalue weighted by atomic mass is 19.1. The molecule has 2 rings (SSSR count). The molecule has 1 heterocycles. The minimum absolute atomic E-state index is 0.152. The van der Waals surface area contributed by atoms with Crippen LogP contribution < -0.4 is 0 Å². The maximum Gasteiger partial charge on any atom is 0.330 e. The fourth-order valence-electron chi connectivity index (χ4n) is 1.93. The number of benzene rings is 1. The van der Waals surface area contributed by atoms with Crippen LogP contribution in [0.2, 0.25) is 0 Å². The fraction of sp³-hybridized carbons (Fsp3) is 0.438. The molecule has 114 valence electrons. The number of hydrogen-bond acceptors (Lipinski definition) is 4. The van der Waals surface area contributed by atoms with Gasteiger partial charge in [-0.1, -0.05) is 12.1 Å². The molecule has 1 aliphatic heterocycles. The van der Waals surface area contributed by atoms with Crippen molar-refractivity contribution in [1.82, 2.24) is 0 Å². The number of ether oxygens (including phenoxy) is 3. The van der Waals surface area contributed by atoms with Crippen LogP contribution in [-0.2, 0) is 19.0 Å². The zero-order valence-electron chi connectivity index (χ0n) is 12.2. The van der Waals surface area contributed by atoms with E-state index >= 15 is 0 Å². The summed E-state index contributed by atoms with van der Waals surface area (Å²) >= 11 is 0. The largest absolute Gasteiger partial charge is 0.463 e. The molecule has 0 aromatic heterocycles. The minimum atomic E-state index is -0.494. The molecule has 0 saturated carbocycles. The Bertz CT molecular complexity index is 523. The second-order valence-electron chi connectivity index (χ2n) is 4.76. The second-order valence-corrected chi connectivity index (χ2v) is 4.76. The van der Waals surface area contributed by atoms with Crippen molar-refractivity contribution in [3.05, 3.63) is 41.2 Å². The Labute approximate surface area is 123 Å². The molecule has 0 aliphatic carbocycles. The van der Waals surface area contributed by atoms with Crippen molar-refractivity contribution >= 4 is 12.0 Å². The van der Waals surface area contributed by atoms with Crippen LogP contribution in [0.4, 0.5) is 4.39 Å². The van der Waals surface area contributed by atoms with Crippen LogP contribution in [-0.4, -0.2) is 31.9 Å². The first kappa shape index (κ1) is 15.7. The van der Waals surface area contributed by atoms with Gasteiger partial charge in [-0.25, -0.2) is 9.18 Å². The summed E-state index contributed by atoms with van der Waals surface area (Å²) in [5, 5.41) is 0. The average Bonchev–Trinajstić information content (AvgIpc) is 3.27. The lowest BCUT2D eigenvalue weighted by molar-refractivity contribution is -0.137. The molecule has 1 saturated heterocycles. The third kappa shape index (κ3) is 4.65. The molecule has 0 unspecified atom stereocenters. The molecule has 1 aromatic carbocycles. The molecule has 2 atom stereocenters. The molecule has 1 aromatic rings. The van der Waals surface area contributed by atoms with Gasteiger partial charge in [0.05, 0.1) is 25.9 Å². The van der Waals surface area contributed by atoms with E-state index in [1.807, 2.05) is 6.92 Å². The topological polar surface area (TPSA) is 48.1 Å². The van der Waals surface area contributed by atoms with Gasteiger partial charge in [0.15, 0.2) is 0 Å². The quantitative estimate of drug-likeness (QED) is 0.441. The molecule has 4 nitrogen and oxygen atoms in total. The number of esters is 1. The summed E-state index contributed by atoms with van der Waals surface area (Å²) in [6.07, 6.45) is 2.52. The maximum atomic E-state index is 14.0. The highest BCUT2D eigenvalue weighted by Crippen LogP contribution is 2.26. The smallest absolute Gasteiger partial charge is 0.330 e. The molecular weight excluding hydrogens is 275 g/mol. The highest BCUT2D eigenvalue weighted by Gasteiger charge is 2.24. The van der Waals surface area contributed by atoms with Crippen molar-refractivity contribution in [3.8, 4) is 0 Å². The predicted octanol–water partition coefficient (Wildman–Crippen LogP) is 2.88. The molecular formula is C16H19FO4. The zero-order chi connectivity index (χ0) is 15.2. The lowest BCUT2D eigenvalue weighted by Gasteiger charge is -2.15. The molecule has 5 heteroatoms. The Hall–Kier alpha value is -1.72. The van der Waals surface area contributed by atoms with Gasteiger partial charge in [-0.2, -0.15) is 0 Å². The Morgan fingerprint density at radius 3 is 3.00 bits per heavy atom. The Kier molecular flexibility index (Phi) is 5.47. The van der Waals surface area contributed by atoms with Gasteiger partial charge in [-0.15, -0.1) is 0 Å². The number of carbonyl (C=O) groups excluding carboxylic acids is 1. The predicted molar refractivity (Wildman–Crippen MR) is 76.2 cm³/mol. The fourth-order valence-corrected chi connectivity index (χ4v) is 1.93. The maximum absolute atomic E-state index is 14.0. The van der Waals surface area contributed by atoms with Crippen molar-refractivity contribution < 1.29 is 23.4 Å². The summed E-state index contributed by atoms with van der Waals surface area (Å²) in [5.41, 5.74) is 1.03. The summed E-state index contributed by atoms with van der Waals surface area (Å²) in [6, 6.07) is 4.76. The molecule has 0 amide bonds. The van der Waals surface area contributed by atoms with Crippen LogP contribution in [0, 0.1) is 5.82 Å². The van der Waals surface area contributed by atoms with Crippen molar-refractivity contribution in [2.24, 2.45) is 0 Å². The van der Waals surface area contributed by atoms with Gasteiger partial charge in [0, 0.05) is 11.6 Å². The van der Waals surface area contributed by atoms with E-state index < -0.39 is 11.8 Å². The number of epoxide rings is 1. The third-order valence-corrected chi connectivity index (χ3v) is 3.13. The van der Waals surface area contributed by atoms with Gasteiger partial charge in [0.2, 0.25) is 0 Å². The summed E-state index contributed by atoms with van der Waals surface area (Å²) in [5.74, 6) is -0.891. The molecule has 1 aliphatic rings. The molecule has 21 heavy (non-hydrogen) atoms. The number of halogens is 1. The van der Waals surface area contributed by atoms with Gasteiger partial charge in [-0.3, -0.25) is 0 Å². The van der Waals surface area contributed by atoms with Crippen LogP contribution in [0.15, 0.2) is 24.3 Å². The van der Waals surface area contributed by atoms with E-state index in [0.29, 0.717) is 24.3 Å². The van der Waals surface area contributed by atoms with Gasteiger partial charge >= 0.3 is 5.97 Å². The molecule has 0 radical (unpaired) electrons. The first-order valence-corrected chi connectivity index (χ1v) is 6.98. The first-order valence-electron chi connectivity index (χ1n) is 6.98. The normalized spacial score (nSPS) is 18.7. The van der Waals surface area contributed by atoms with Crippen molar-refractivity contribution in [2.75, 3.05) is 19.8 Å². The standard InChI is InChI=1S/C16H19FO4/c1-3-19-16(18)8-7-14-13(5-4-6-15(14)17)11(2)20-9-12-10-21-12/h4-8,11-12H,3,9-10H2,1-2H3/b8-7+/t11-,12+/m1/s1. The summed E-state index contributed by atoms with van der Waals surface area (Å²) in [4.78, 5) is 11.4. The van der Waals surface area contributed by atoms with Crippen molar-refractivity contribution in [3.63, 3.8) is 0 Å². The van der Waals surface area contributed by atoms with Crippen molar-refractivity contribution in [2.45, 2.75) is 26.1 Å². The number of rotatable bonds is 7. The lowest BCUT2D eigenvalue weighted by Crippen LogP contribution is -2.08. The van der Waals surface area contributed by atoms with Gasteiger partial charge < -0.3 is 14.2 Å². The summed E-state index contributed by atoms with van der Waals surface area (Å²) in [6.45, 7) is 5.05. The Balaban J connectivity index is 2.12. The minimum Gasteiger partial charge on any atom is -0.463 e. The van der Waals surface area contributed by atoms with Gasteiger partial charge in [0.25, 0.3) is 0 Å². The lowest BCUT2D eigenvalue weighted by atomic mass is 10.0. The number of carbonyl (C=O) groups is 1. The van der Waals surface area contributed by atoms with Gasteiger partial charge in [-0.05, 0) is 31.6 Å². The molecule has 1 fully saturated rings. The second kappa shape index (κ2) is 7.33. The molecule has 0 N–H and O–H groups in total. The third-order valence-electron chi connectivity index (χ3n) is 3.13. The molecule has 0 spiro atoms. The van der Waals surface area contributed by atoms with Gasteiger partial charge in [0.1, 0.15) is 11.9 Å². The van der Waals surface area contributed by atoms with Crippen LogP contribution in [0.3, 0.4) is 0 Å². The van der Waals surface area contributed by atoms with E-state index in [2.05, 4.69) is 0 Å². The van der Waals surface area contributed by atoms with E-state index in [9.17, 15) is 9.18 Å². The average molecular weight is 294 g/mol. The Morgan fingerprint density at radius 2 is 2.33 bits per heavy atom. The van der Waals surface area contributed by atoms with Crippen LogP contribution in [0.5, 0.6) is 0 Å². The van der Waals surface area contributed by atoms with E-state index in [1.165, 1.54) is 18.2 Å². The van der Waals surface area contributed by atoms with E-state index in [1.54, 1.807) is 19.1 Å². The van der Waals surface area contributed by atoms with Crippen molar-refractivity contribution in [1.29, 1.82) is 0 Å². The monoisotopic (exact) mass is 294 g/mol. The summed E-state index contributed by atoms with van der Waals surface area (Å²) in [7, 11) is 0. The SMILES string of the molecule is CCOC(=O)/C=C/c1c(F)cccc1[C@@H](C)OC[C@H]1CO1. The summed E-state index contributed by atoms with van der Waals surface area (Å²) < 4.78 is 29.5. The first-order chi connectivity index (χ1) is 10.1. The van der Waals surface area contributed by atoms with Crippen LogP contribution >= 0.6 is 0 Å². The van der Waals surface area contributed by atoms with E-state index in [0.717, 1.165) is 0 Å². The van der Waals surface area contributed by atoms with E-state index in [4.69, 9.17) is 14.2 Å². The van der Waals surface area contributed by atoms with E-state index in [-0.39, 0.29) is 18.8 Å². The van der Waals surface area contributed by atoms with Crippen LogP contribution in [0.25, 0.3) is 6.08 Å². The van der Waals surface area contributed by atoms with Crippen LogP contribution in [0.1, 0.15) is 31.1 Å².